The molecule has 0 spiro atoms. The van der Waals surface area contributed by atoms with Gasteiger partial charge in [0.1, 0.15) is 11.9 Å². The number of guanidine groups is 1. The van der Waals surface area contributed by atoms with Gasteiger partial charge in [0.25, 0.3) is 6.43 Å². The van der Waals surface area contributed by atoms with Crippen LogP contribution in [0, 0.1) is 6.92 Å². The first-order valence-corrected chi connectivity index (χ1v) is 9.17. The fraction of sp³-hybridized carbons (Fsp3) is 0.632. The lowest BCUT2D eigenvalue weighted by Gasteiger charge is -2.32. The summed E-state index contributed by atoms with van der Waals surface area (Å²) in [6, 6.07) is 8.23. The highest BCUT2D eigenvalue weighted by atomic mass is 19.3. The van der Waals surface area contributed by atoms with E-state index in [4.69, 9.17) is 4.74 Å². The van der Waals surface area contributed by atoms with Crippen LogP contribution in [-0.2, 0) is 0 Å². The van der Waals surface area contributed by atoms with E-state index in [1.807, 2.05) is 43.0 Å². The number of benzene rings is 1. The zero-order valence-corrected chi connectivity index (χ0v) is 15.8. The molecule has 1 aromatic carbocycles. The van der Waals surface area contributed by atoms with Gasteiger partial charge in [-0.15, -0.1) is 0 Å². The van der Waals surface area contributed by atoms with Gasteiger partial charge < -0.3 is 15.4 Å². The lowest BCUT2D eigenvalue weighted by molar-refractivity contribution is 0.0744. The number of nitrogens with one attached hydrogen (secondary N) is 2. The van der Waals surface area contributed by atoms with Gasteiger partial charge in [-0.1, -0.05) is 12.1 Å². The van der Waals surface area contributed by atoms with Crippen molar-refractivity contribution in [2.45, 2.75) is 45.3 Å². The van der Waals surface area contributed by atoms with Crippen LogP contribution < -0.4 is 15.4 Å². The van der Waals surface area contributed by atoms with E-state index in [1.165, 1.54) is 5.56 Å². The van der Waals surface area contributed by atoms with Crippen molar-refractivity contribution < 1.29 is 13.5 Å². The van der Waals surface area contributed by atoms with Crippen molar-refractivity contribution in [3.8, 4) is 5.75 Å². The molecule has 0 radical (unpaired) electrons. The molecule has 2 rings (SSSR count). The fourth-order valence-electron chi connectivity index (χ4n) is 3.05. The third kappa shape index (κ3) is 7.15. The highest BCUT2D eigenvalue weighted by Gasteiger charge is 2.22. The standard InChI is InChI=1S/C19H30F2N4O/c1-14-5-4-6-17(11-14)26-15(2)12-23-19(22-3)24-16-7-9-25(10-8-16)13-18(20)21/h4-6,11,15-16,18H,7-10,12-13H2,1-3H3,(H2,22,23,24). The van der Waals surface area contributed by atoms with E-state index in [0.29, 0.717) is 19.6 Å². The third-order valence-electron chi connectivity index (χ3n) is 4.43. The lowest BCUT2D eigenvalue weighted by Crippen LogP contribution is -2.50. The van der Waals surface area contributed by atoms with E-state index in [0.717, 1.165) is 24.6 Å². The summed E-state index contributed by atoms with van der Waals surface area (Å²) in [5, 5.41) is 6.65. The topological polar surface area (TPSA) is 48.9 Å². The maximum atomic E-state index is 12.4. The molecule has 1 saturated heterocycles. The van der Waals surface area contributed by atoms with Crippen LogP contribution >= 0.6 is 0 Å². The van der Waals surface area contributed by atoms with Gasteiger partial charge >= 0.3 is 0 Å². The molecule has 0 saturated carbocycles. The minimum Gasteiger partial charge on any atom is -0.489 e. The number of aliphatic imine (C=N–C) groups is 1. The Morgan fingerprint density at radius 3 is 2.69 bits per heavy atom. The first kappa shape index (κ1) is 20.4. The Balaban J connectivity index is 1.71. The molecule has 2 N–H and O–H groups in total. The Hall–Kier alpha value is -1.89. The molecule has 1 atom stereocenters. The molecule has 1 aliphatic rings. The molecule has 1 aromatic rings. The normalized spacial score (nSPS) is 18.0. The van der Waals surface area contributed by atoms with E-state index in [-0.39, 0.29) is 18.7 Å². The molecule has 1 unspecified atom stereocenters. The first-order chi connectivity index (χ1) is 12.5. The molecule has 26 heavy (non-hydrogen) atoms. The van der Waals surface area contributed by atoms with E-state index < -0.39 is 6.43 Å². The van der Waals surface area contributed by atoms with Crippen LogP contribution in [0.15, 0.2) is 29.3 Å². The highest BCUT2D eigenvalue weighted by Crippen LogP contribution is 2.14. The number of hydrogen-bond acceptors (Lipinski definition) is 3. The maximum absolute atomic E-state index is 12.4. The molecule has 0 bridgehead atoms. The minimum atomic E-state index is -2.26. The van der Waals surface area contributed by atoms with Crippen LogP contribution in [0.4, 0.5) is 8.78 Å². The molecule has 5 nitrogen and oxygen atoms in total. The lowest BCUT2D eigenvalue weighted by atomic mass is 10.1. The number of likely N-dealkylation sites (tertiary alicyclic amines) is 1. The maximum Gasteiger partial charge on any atom is 0.251 e. The largest absolute Gasteiger partial charge is 0.489 e. The molecule has 0 aromatic heterocycles. The predicted molar refractivity (Wildman–Crippen MR) is 101 cm³/mol. The summed E-state index contributed by atoms with van der Waals surface area (Å²) in [6.07, 6.45) is -0.599. The summed E-state index contributed by atoms with van der Waals surface area (Å²) < 4.78 is 30.8. The Bertz CT molecular complexity index is 574. The Morgan fingerprint density at radius 1 is 1.35 bits per heavy atom. The van der Waals surface area contributed by atoms with Crippen LogP contribution in [0.25, 0.3) is 0 Å². The molecular formula is C19H30F2N4O. The molecule has 1 heterocycles. The molecule has 7 heteroatoms. The van der Waals surface area contributed by atoms with E-state index in [9.17, 15) is 8.78 Å². The fourth-order valence-corrected chi connectivity index (χ4v) is 3.05. The van der Waals surface area contributed by atoms with Gasteiger partial charge in [-0.3, -0.25) is 9.89 Å². The molecule has 0 amide bonds. The molecule has 0 aliphatic carbocycles. The number of nitrogens with zero attached hydrogens (tertiary/aromatic N) is 2. The Labute approximate surface area is 154 Å². The average Bonchev–Trinajstić information content (AvgIpc) is 2.59. The van der Waals surface area contributed by atoms with Crippen molar-refractivity contribution in [1.29, 1.82) is 0 Å². The molecule has 1 aliphatic heterocycles. The molecule has 1 fully saturated rings. The Kier molecular flexibility index (Phi) is 8.09. The minimum absolute atomic E-state index is 0.0109. The van der Waals surface area contributed by atoms with Crippen LogP contribution in [0.5, 0.6) is 5.75 Å². The number of halogens is 2. The zero-order valence-electron chi connectivity index (χ0n) is 15.8. The summed E-state index contributed by atoms with van der Waals surface area (Å²) in [5.41, 5.74) is 1.17. The van der Waals surface area contributed by atoms with Gasteiger partial charge in [0, 0.05) is 26.2 Å². The monoisotopic (exact) mass is 368 g/mol. The van der Waals surface area contributed by atoms with Gasteiger partial charge in [-0.05, 0) is 44.4 Å². The van der Waals surface area contributed by atoms with Crippen LogP contribution in [-0.4, -0.2) is 62.7 Å². The Morgan fingerprint density at radius 2 is 2.08 bits per heavy atom. The van der Waals surface area contributed by atoms with Crippen molar-refractivity contribution in [2.24, 2.45) is 4.99 Å². The average molecular weight is 368 g/mol. The second-order valence-electron chi connectivity index (χ2n) is 6.81. The van der Waals surface area contributed by atoms with Gasteiger partial charge in [-0.25, -0.2) is 8.78 Å². The van der Waals surface area contributed by atoms with Gasteiger partial charge in [0.15, 0.2) is 5.96 Å². The van der Waals surface area contributed by atoms with Crippen LogP contribution in [0.1, 0.15) is 25.3 Å². The predicted octanol–water partition coefficient (Wildman–Crippen LogP) is 2.66. The second-order valence-corrected chi connectivity index (χ2v) is 6.81. The molecular weight excluding hydrogens is 338 g/mol. The number of piperidine rings is 1. The van der Waals surface area contributed by atoms with Crippen LogP contribution in [0.2, 0.25) is 0 Å². The summed E-state index contributed by atoms with van der Waals surface area (Å²) in [4.78, 5) is 6.06. The SMILES string of the molecule is CN=C(NCC(C)Oc1cccc(C)c1)NC1CCN(CC(F)F)CC1. The second kappa shape index (κ2) is 10.3. The summed E-state index contributed by atoms with van der Waals surface area (Å²) in [7, 11) is 1.73. The number of aryl methyl sites for hydroxylation is 1. The summed E-state index contributed by atoms with van der Waals surface area (Å²) in [5.74, 6) is 1.57. The number of hydrogen-bond donors (Lipinski definition) is 2. The van der Waals surface area contributed by atoms with Crippen molar-refractivity contribution >= 4 is 5.96 Å². The van der Waals surface area contributed by atoms with Crippen molar-refractivity contribution in [3.05, 3.63) is 29.8 Å². The van der Waals surface area contributed by atoms with Gasteiger partial charge in [-0.2, -0.15) is 0 Å². The van der Waals surface area contributed by atoms with Crippen molar-refractivity contribution in [1.82, 2.24) is 15.5 Å². The van der Waals surface area contributed by atoms with Crippen molar-refractivity contribution in [3.63, 3.8) is 0 Å². The van der Waals surface area contributed by atoms with Crippen LogP contribution in [0.3, 0.4) is 0 Å². The quantitative estimate of drug-likeness (QED) is 0.574. The van der Waals surface area contributed by atoms with Gasteiger partial charge in [0.05, 0.1) is 13.1 Å². The van der Waals surface area contributed by atoms with Crippen molar-refractivity contribution in [2.75, 3.05) is 33.2 Å². The number of rotatable bonds is 7. The van der Waals surface area contributed by atoms with E-state index >= 15 is 0 Å². The smallest absolute Gasteiger partial charge is 0.251 e. The zero-order chi connectivity index (χ0) is 18.9. The first-order valence-electron chi connectivity index (χ1n) is 9.17. The third-order valence-corrected chi connectivity index (χ3v) is 4.43. The summed E-state index contributed by atoms with van der Waals surface area (Å²) >= 11 is 0. The molecule has 146 valence electrons. The summed E-state index contributed by atoms with van der Waals surface area (Å²) in [6.45, 7) is 5.91. The van der Waals surface area contributed by atoms with E-state index in [1.54, 1.807) is 7.05 Å². The highest BCUT2D eigenvalue weighted by molar-refractivity contribution is 5.80. The number of ether oxygens (including phenoxy) is 1. The van der Waals surface area contributed by atoms with E-state index in [2.05, 4.69) is 15.6 Å². The number of alkyl halides is 2. The van der Waals surface area contributed by atoms with Gasteiger partial charge in [0.2, 0.25) is 0 Å².